The Morgan fingerprint density at radius 3 is 3.13 bits per heavy atom. The summed E-state index contributed by atoms with van der Waals surface area (Å²) in [7, 11) is 0. The van der Waals surface area contributed by atoms with Crippen molar-refractivity contribution in [3.63, 3.8) is 0 Å². The van der Waals surface area contributed by atoms with Gasteiger partial charge in [0, 0.05) is 24.2 Å². The summed E-state index contributed by atoms with van der Waals surface area (Å²) in [6, 6.07) is 1.84. The average molecular weight is 200 g/mol. The fourth-order valence-electron chi connectivity index (χ4n) is 1.51. The molecular weight excluding hydrogens is 192 g/mol. The zero-order chi connectivity index (χ0) is 10.3. The summed E-state index contributed by atoms with van der Waals surface area (Å²) in [5, 5.41) is 0. The van der Waals surface area contributed by atoms with E-state index in [2.05, 4.69) is 9.97 Å². The van der Waals surface area contributed by atoms with Gasteiger partial charge in [-0.15, -0.1) is 0 Å². The SMILES string of the molecule is Nc1nc(-c2ccoc2)cn2ccnc12. The summed E-state index contributed by atoms with van der Waals surface area (Å²) in [4.78, 5) is 8.34. The van der Waals surface area contributed by atoms with E-state index < -0.39 is 0 Å². The fraction of sp³-hybridized carbons (Fsp3) is 0. The third-order valence-electron chi connectivity index (χ3n) is 2.22. The molecule has 0 aromatic carbocycles. The third kappa shape index (κ3) is 1.17. The molecule has 5 nitrogen and oxygen atoms in total. The van der Waals surface area contributed by atoms with Crippen LogP contribution >= 0.6 is 0 Å². The van der Waals surface area contributed by atoms with Gasteiger partial charge in [-0.3, -0.25) is 0 Å². The van der Waals surface area contributed by atoms with E-state index in [1.165, 1.54) is 0 Å². The van der Waals surface area contributed by atoms with Gasteiger partial charge < -0.3 is 14.6 Å². The number of fused-ring (bicyclic) bond motifs is 1. The van der Waals surface area contributed by atoms with Crippen LogP contribution in [-0.2, 0) is 0 Å². The van der Waals surface area contributed by atoms with Crippen LogP contribution in [0.3, 0.4) is 0 Å². The van der Waals surface area contributed by atoms with Gasteiger partial charge in [0.2, 0.25) is 0 Å². The van der Waals surface area contributed by atoms with E-state index in [9.17, 15) is 0 Å². The van der Waals surface area contributed by atoms with E-state index >= 15 is 0 Å². The molecule has 3 rings (SSSR count). The molecule has 0 radical (unpaired) electrons. The second-order valence-electron chi connectivity index (χ2n) is 3.18. The largest absolute Gasteiger partial charge is 0.472 e. The first-order valence-electron chi connectivity index (χ1n) is 4.46. The molecule has 0 aliphatic rings. The molecule has 0 fully saturated rings. The van der Waals surface area contributed by atoms with Crippen LogP contribution in [-0.4, -0.2) is 14.4 Å². The molecule has 0 aliphatic carbocycles. The first-order chi connectivity index (χ1) is 7.34. The van der Waals surface area contributed by atoms with Crippen LogP contribution in [0.4, 0.5) is 5.82 Å². The van der Waals surface area contributed by atoms with Gasteiger partial charge in [0.15, 0.2) is 11.5 Å². The monoisotopic (exact) mass is 200 g/mol. The minimum atomic E-state index is 0.415. The smallest absolute Gasteiger partial charge is 0.179 e. The highest BCUT2D eigenvalue weighted by Gasteiger charge is 2.06. The summed E-state index contributed by atoms with van der Waals surface area (Å²) in [6.45, 7) is 0. The summed E-state index contributed by atoms with van der Waals surface area (Å²) in [6.07, 6.45) is 8.61. The Balaban J connectivity index is 2.29. The average Bonchev–Trinajstić information content (AvgIpc) is 2.88. The van der Waals surface area contributed by atoms with E-state index in [4.69, 9.17) is 10.2 Å². The minimum absolute atomic E-state index is 0.415. The van der Waals surface area contributed by atoms with Crippen molar-refractivity contribution in [2.75, 3.05) is 5.73 Å². The van der Waals surface area contributed by atoms with Gasteiger partial charge >= 0.3 is 0 Å². The summed E-state index contributed by atoms with van der Waals surface area (Å²) >= 11 is 0. The maximum absolute atomic E-state index is 5.78. The Morgan fingerprint density at radius 2 is 2.33 bits per heavy atom. The second kappa shape index (κ2) is 2.84. The number of rotatable bonds is 1. The quantitative estimate of drug-likeness (QED) is 0.647. The van der Waals surface area contributed by atoms with Gasteiger partial charge in [0.25, 0.3) is 0 Å². The van der Waals surface area contributed by atoms with Crippen LogP contribution in [0.15, 0.2) is 41.6 Å². The van der Waals surface area contributed by atoms with Crippen molar-refractivity contribution in [3.8, 4) is 11.3 Å². The Hall–Kier alpha value is -2.30. The molecule has 0 atom stereocenters. The predicted molar refractivity (Wildman–Crippen MR) is 55.1 cm³/mol. The topological polar surface area (TPSA) is 69.3 Å². The number of furan rings is 1. The highest BCUT2D eigenvalue weighted by molar-refractivity contribution is 5.66. The number of nitrogens with zero attached hydrogens (tertiary/aromatic N) is 3. The van der Waals surface area contributed by atoms with Crippen LogP contribution < -0.4 is 5.73 Å². The van der Waals surface area contributed by atoms with E-state index in [0.29, 0.717) is 11.5 Å². The first-order valence-corrected chi connectivity index (χ1v) is 4.46. The lowest BCUT2D eigenvalue weighted by molar-refractivity contribution is 0.568. The second-order valence-corrected chi connectivity index (χ2v) is 3.18. The van der Waals surface area contributed by atoms with Crippen molar-refractivity contribution in [2.24, 2.45) is 0 Å². The molecule has 0 spiro atoms. The Bertz CT molecular complexity index is 597. The lowest BCUT2D eigenvalue weighted by Crippen LogP contribution is -1.98. The van der Waals surface area contributed by atoms with Crippen molar-refractivity contribution >= 4 is 11.5 Å². The maximum Gasteiger partial charge on any atom is 0.179 e. The van der Waals surface area contributed by atoms with Crippen LogP contribution in [0.1, 0.15) is 0 Å². The fourth-order valence-corrected chi connectivity index (χ4v) is 1.51. The van der Waals surface area contributed by atoms with Crippen molar-refractivity contribution in [1.82, 2.24) is 14.4 Å². The Labute approximate surface area is 85.2 Å². The van der Waals surface area contributed by atoms with E-state index in [-0.39, 0.29) is 0 Å². The normalized spacial score (nSPS) is 10.9. The van der Waals surface area contributed by atoms with Gasteiger partial charge in [-0.25, -0.2) is 9.97 Å². The van der Waals surface area contributed by atoms with Crippen molar-refractivity contribution in [1.29, 1.82) is 0 Å². The Morgan fingerprint density at radius 1 is 1.40 bits per heavy atom. The van der Waals surface area contributed by atoms with E-state index in [1.54, 1.807) is 18.7 Å². The minimum Gasteiger partial charge on any atom is -0.472 e. The highest BCUT2D eigenvalue weighted by atomic mass is 16.3. The maximum atomic E-state index is 5.78. The van der Waals surface area contributed by atoms with Crippen molar-refractivity contribution < 1.29 is 4.42 Å². The van der Waals surface area contributed by atoms with Gasteiger partial charge in [-0.1, -0.05) is 0 Å². The van der Waals surface area contributed by atoms with Gasteiger partial charge in [0.05, 0.1) is 18.2 Å². The molecule has 2 N–H and O–H groups in total. The standard InChI is InChI=1S/C10H8N4O/c11-9-10-12-2-3-14(10)5-8(13-9)7-1-4-15-6-7/h1-6H,(H2,11,13). The lowest BCUT2D eigenvalue weighted by Gasteiger charge is -2.01. The molecule has 3 aromatic heterocycles. The number of anilines is 1. The number of imidazole rings is 1. The molecule has 5 heteroatoms. The van der Waals surface area contributed by atoms with Crippen LogP contribution in [0.2, 0.25) is 0 Å². The Kier molecular flexibility index (Phi) is 1.53. The zero-order valence-electron chi connectivity index (χ0n) is 7.79. The van der Waals surface area contributed by atoms with E-state index in [1.807, 2.05) is 22.9 Å². The van der Waals surface area contributed by atoms with Gasteiger partial charge in [-0.05, 0) is 6.07 Å². The van der Waals surface area contributed by atoms with Crippen molar-refractivity contribution in [2.45, 2.75) is 0 Å². The molecule has 0 bridgehead atoms. The summed E-state index contributed by atoms with van der Waals surface area (Å²) in [5.74, 6) is 0.415. The van der Waals surface area contributed by atoms with Gasteiger partial charge in [0.1, 0.15) is 0 Å². The highest BCUT2D eigenvalue weighted by Crippen LogP contribution is 2.20. The molecule has 15 heavy (non-hydrogen) atoms. The first kappa shape index (κ1) is 8.05. The number of nitrogens with two attached hydrogens (primary N) is 1. The number of nitrogen functional groups attached to an aromatic ring is 1. The molecular formula is C10H8N4O. The molecule has 0 saturated carbocycles. The van der Waals surface area contributed by atoms with Crippen LogP contribution in [0.5, 0.6) is 0 Å². The van der Waals surface area contributed by atoms with E-state index in [0.717, 1.165) is 11.3 Å². The molecule has 0 unspecified atom stereocenters. The number of hydrogen-bond acceptors (Lipinski definition) is 4. The molecule has 3 aromatic rings. The molecule has 0 aliphatic heterocycles. The third-order valence-corrected chi connectivity index (χ3v) is 2.22. The van der Waals surface area contributed by atoms with Crippen molar-refractivity contribution in [3.05, 3.63) is 37.2 Å². The van der Waals surface area contributed by atoms with Crippen LogP contribution in [0, 0.1) is 0 Å². The molecule has 0 amide bonds. The molecule has 74 valence electrons. The molecule has 0 saturated heterocycles. The summed E-state index contributed by atoms with van der Waals surface area (Å²) in [5.41, 5.74) is 8.12. The molecule has 3 heterocycles. The number of hydrogen-bond donors (Lipinski definition) is 1. The summed E-state index contributed by atoms with van der Waals surface area (Å²) < 4.78 is 6.83. The zero-order valence-corrected chi connectivity index (χ0v) is 7.79. The lowest BCUT2D eigenvalue weighted by atomic mass is 10.2. The van der Waals surface area contributed by atoms with Crippen LogP contribution in [0.25, 0.3) is 16.9 Å². The predicted octanol–water partition coefficient (Wildman–Crippen LogP) is 1.57. The number of aromatic nitrogens is 3. The van der Waals surface area contributed by atoms with Gasteiger partial charge in [-0.2, -0.15) is 0 Å².